The molecule has 2 atom stereocenters. The van der Waals surface area contributed by atoms with Gasteiger partial charge in [-0.1, -0.05) is 0 Å². The van der Waals surface area contributed by atoms with E-state index in [1.54, 1.807) is 13.8 Å². The molecule has 4 N–H and O–H groups in total. The second-order valence-electron chi connectivity index (χ2n) is 4.05. The first kappa shape index (κ1) is 14.5. The van der Waals surface area contributed by atoms with E-state index in [0.717, 1.165) is 0 Å². The van der Waals surface area contributed by atoms with Gasteiger partial charge in [0.2, 0.25) is 0 Å². The summed E-state index contributed by atoms with van der Waals surface area (Å²) in [7, 11) is 0. The fourth-order valence-corrected chi connectivity index (χ4v) is 1.04. The summed E-state index contributed by atoms with van der Waals surface area (Å²) in [6, 6.07) is 4.07. The molecule has 2 unspecified atom stereocenters. The molecule has 0 aromatic carbocycles. The van der Waals surface area contributed by atoms with Crippen molar-refractivity contribution in [2.75, 3.05) is 13.1 Å². The molecule has 0 spiro atoms. The lowest BCUT2D eigenvalue weighted by Crippen LogP contribution is -2.27. The third-order valence-electron chi connectivity index (χ3n) is 2.24. The largest absolute Gasteiger partial charge is 0.330 e. The van der Waals surface area contributed by atoms with E-state index < -0.39 is 11.1 Å². The highest BCUT2D eigenvalue weighted by Crippen LogP contribution is 2.20. The van der Waals surface area contributed by atoms with Crippen LogP contribution in [0, 0.1) is 22.7 Å². The summed E-state index contributed by atoms with van der Waals surface area (Å²) in [4.78, 5) is 0. The minimum atomic E-state index is -0.957. The normalized spacial score (nSPS) is 18.4. The van der Waals surface area contributed by atoms with Crippen LogP contribution in [0.3, 0.4) is 0 Å². The van der Waals surface area contributed by atoms with Crippen molar-refractivity contribution in [1.29, 1.82) is 10.5 Å². The molecular weight excluding hydrogens is 204 g/mol. The monoisotopic (exact) mass is 222 g/mol. The molecule has 0 amide bonds. The van der Waals surface area contributed by atoms with Crippen molar-refractivity contribution in [3.8, 4) is 12.1 Å². The Labute approximate surface area is 95.9 Å². The molecule has 0 rings (SSSR count). The number of nitrogens with zero attached hydrogens (tertiary/aromatic N) is 4. The van der Waals surface area contributed by atoms with Gasteiger partial charge in [0.05, 0.1) is 12.1 Å². The molecule has 16 heavy (non-hydrogen) atoms. The van der Waals surface area contributed by atoms with Crippen LogP contribution >= 0.6 is 0 Å². The van der Waals surface area contributed by atoms with Gasteiger partial charge in [0.1, 0.15) is 0 Å². The lowest BCUT2D eigenvalue weighted by molar-refractivity contribution is 0.458. The number of hydrogen-bond donors (Lipinski definition) is 2. The van der Waals surface area contributed by atoms with E-state index in [1.807, 2.05) is 12.1 Å². The number of nitrogens with two attached hydrogens (primary N) is 2. The molecule has 0 saturated carbocycles. The van der Waals surface area contributed by atoms with Gasteiger partial charge in [-0.3, -0.25) is 0 Å². The average Bonchev–Trinajstić information content (AvgIpc) is 2.27. The van der Waals surface area contributed by atoms with Crippen LogP contribution in [-0.4, -0.2) is 24.2 Å². The molecule has 0 radical (unpaired) electrons. The van der Waals surface area contributed by atoms with Gasteiger partial charge in [-0.2, -0.15) is 20.8 Å². The molecule has 0 heterocycles. The third kappa shape index (κ3) is 4.35. The van der Waals surface area contributed by atoms with Crippen LogP contribution < -0.4 is 11.5 Å². The van der Waals surface area contributed by atoms with Gasteiger partial charge in [0.15, 0.2) is 11.1 Å². The number of nitriles is 2. The Morgan fingerprint density at radius 3 is 1.44 bits per heavy atom. The Bertz CT molecular complexity index is 293. The lowest BCUT2D eigenvalue weighted by Gasteiger charge is -2.18. The van der Waals surface area contributed by atoms with E-state index in [1.165, 1.54) is 0 Å². The van der Waals surface area contributed by atoms with Crippen molar-refractivity contribution in [1.82, 2.24) is 0 Å². The predicted octanol–water partition coefficient (Wildman–Crippen LogP) is 0.701. The van der Waals surface area contributed by atoms with Crippen LogP contribution in [0.25, 0.3) is 0 Å². The predicted molar refractivity (Wildman–Crippen MR) is 60.2 cm³/mol. The lowest BCUT2D eigenvalue weighted by atomic mass is 10.0. The van der Waals surface area contributed by atoms with Crippen molar-refractivity contribution in [3.63, 3.8) is 0 Å². The summed E-state index contributed by atoms with van der Waals surface area (Å²) in [6.07, 6.45) is 0.828. The average molecular weight is 222 g/mol. The van der Waals surface area contributed by atoms with Crippen molar-refractivity contribution >= 4 is 0 Å². The Hall–Kier alpha value is -1.50. The fourth-order valence-electron chi connectivity index (χ4n) is 1.04. The van der Waals surface area contributed by atoms with E-state index in [0.29, 0.717) is 25.9 Å². The highest BCUT2D eigenvalue weighted by Gasteiger charge is 2.27. The number of hydrogen-bond acceptors (Lipinski definition) is 6. The minimum absolute atomic E-state index is 0.350. The van der Waals surface area contributed by atoms with Crippen LogP contribution in [0.4, 0.5) is 0 Å². The standard InChI is InChI=1S/C10H18N6/c1-9(7-13,3-5-11)15-16-10(2,8-14)4-6-12/h3-6,11-12H2,1-2H3. The minimum Gasteiger partial charge on any atom is -0.330 e. The summed E-state index contributed by atoms with van der Waals surface area (Å²) in [5, 5.41) is 25.8. The zero-order valence-electron chi connectivity index (χ0n) is 9.77. The Morgan fingerprint density at radius 2 is 1.25 bits per heavy atom. The second kappa shape index (κ2) is 6.16. The summed E-state index contributed by atoms with van der Waals surface area (Å²) >= 11 is 0. The molecule has 0 aromatic rings. The van der Waals surface area contributed by atoms with Crippen molar-refractivity contribution in [2.45, 2.75) is 37.8 Å². The van der Waals surface area contributed by atoms with E-state index in [9.17, 15) is 0 Å². The first-order valence-electron chi connectivity index (χ1n) is 5.12. The number of rotatable bonds is 6. The maximum Gasteiger partial charge on any atom is 0.165 e. The summed E-state index contributed by atoms with van der Waals surface area (Å²) in [5.74, 6) is 0. The van der Waals surface area contributed by atoms with Crippen LogP contribution in [0.1, 0.15) is 26.7 Å². The van der Waals surface area contributed by atoms with Crippen LogP contribution in [0.5, 0.6) is 0 Å². The van der Waals surface area contributed by atoms with E-state index in [-0.39, 0.29) is 0 Å². The van der Waals surface area contributed by atoms with Crippen LogP contribution in [0.15, 0.2) is 10.2 Å². The van der Waals surface area contributed by atoms with E-state index >= 15 is 0 Å². The highest BCUT2D eigenvalue weighted by atomic mass is 15.2. The quantitative estimate of drug-likeness (QED) is 0.641. The first-order valence-corrected chi connectivity index (χ1v) is 5.12. The van der Waals surface area contributed by atoms with Gasteiger partial charge in [-0.05, 0) is 39.8 Å². The summed E-state index contributed by atoms with van der Waals surface area (Å²) < 4.78 is 0. The van der Waals surface area contributed by atoms with Crippen molar-refractivity contribution < 1.29 is 0 Å². The molecule has 6 heteroatoms. The molecule has 0 aliphatic heterocycles. The highest BCUT2D eigenvalue weighted by molar-refractivity contribution is 5.07. The van der Waals surface area contributed by atoms with Gasteiger partial charge < -0.3 is 11.5 Å². The molecular formula is C10H18N6. The van der Waals surface area contributed by atoms with Gasteiger partial charge in [0, 0.05) is 0 Å². The Kier molecular flexibility index (Phi) is 5.59. The van der Waals surface area contributed by atoms with Crippen LogP contribution in [-0.2, 0) is 0 Å². The molecule has 6 nitrogen and oxygen atoms in total. The van der Waals surface area contributed by atoms with Crippen molar-refractivity contribution in [2.24, 2.45) is 21.7 Å². The Morgan fingerprint density at radius 1 is 0.938 bits per heavy atom. The molecule has 0 aliphatic rings. The SMILES string of the molecule is CC(C#N)(CCN)N=NC(C)(C#N)CCN. The molecule has 0 aliphatic carbocycles. The van der Waals surface area contributed by atoms with Crippen molar-refractivity contribution in [3.05, 3.63) is 0 Å². The number of azo groups is 1. The smallest absolute Gasteiger partial charge is 0.165 e. The van der Waals surface area contributed by atoms with Gasteiger partial charge in [0.25, 0.3) is 0 Å². The fraction of sp³-hybridized carbons (Fsp3) is 0.800. The molecule has 0 bridgehead atoms. The zero-order chi connectivity index (χ0) is 12.7. The van der Waals surface area contributed by atoms with E-state index in [2.05, 4.69) is 10.2 Å². The molecule has 0 saturated heterocycles. The van der Waals surface area contributed by atoms with E-state index in [4.69, 9.17) is 22.0 Å². The molecule has 0 aromatic heterocycles. The maximum absolute atomic E-state index is 8.95. The molecule has 0 fully saturated rings. The van der Waals surface area contributed by atoms with Gasteiger partial charge in [-0.25, -0.2) is 0 Å². The van der Waals surface area contributed by atoms with Gasteiger partial charge >= 0.3 is 0 Å². The maximum atomic E-state index is 8.95. The second-order valence-corrected chi connectivity index (χ2v) is 4.05. The third-order valence-corrected chi connectivity index (χ3v) is 2.24. The topological polar surface area (TPSA) is 124 Å². The van der Waals surface area contributed by atoms with Crippen LogP contribution in [0.2, 0.25) is 0 Å². The zero-order valence-corrected chi connectivity index (χ0v) is 9.77. The summed E-state index contributed by atoms with van der Waals surface area (Å²) in [6.45, 7) is 3.99. The van der Waals surface area contributed by atoms with Gasteiger partial charge in [-0.15, -0.1) is 0 Å². The molecule has 88 valence electrons. The summed E-state index contributed by atoms with van der Waals surface area (Å²) in [5.41, 5.74) is 8.85. The Balaban J connectivity index is 4.80. The first-order chi connectivity index (χ1) is 7.45.